The minimum Gasteiger partial charge on any atom is -0.338 e. The lowest BCUT2D eigenvalue weighted by molar-refractivity contribution is 0.292. The van der Waals surface area contributed by atoms with E-state index in [1.165, 1.54) is 38.5 Å². The predicted octanol–water partition coefficient (Wildman–Crippen LogP) is 2.72. The summed E-state index contributed by atoms with van der Waals surface area (Å²) in [4.78, 5) is 4.65. The van der Waals surface area contributed by atoms with Crippen molar-refractivity contribution in [2.75, 3.05) is 6.54 Å². The summed E-state index contributed by atoms with van der Waals surface area (Å²) in [6, 6.07) is 0.287. The quantitative estimate of drug-likeness (QED) is 0.856. The van der Waals surface area contributed by atoms with Crippen LogP contribution in [0, 0.1) is 0 Å². The molecule has 3 rings (SSSR count). The van der Waals surface area contributed by atoms with Gasteiger partial charge in [-0.15, -0.1) is 0 Å². The van der Waals surface area contributed by atoms with Gasteiger partial charge in [-0.3, -0.25) is 0 Å². The van der Waals surface area contributed by atoms with Crippen LogP contribution in [0.4, 0.5) is 0 Å². The topological polar surface area (TPSA) is 51.0 Å². The Bertz CT molecular complexity index is 376. The number of piperidine rings is 1. The first-order valence-corrected chi connectivity index (χ1v) is 6.85. The summed E-state index contributed by atoms with van der Waals surface area (Å²) in [5, 5.41) is 7.67. The highest BCUT2D eigenvalue weighted by Crippen LogP contribution is 2.39. The predicted molar refractivity (Wildman–Crippen MR) is 64.7 cm³/mol. The molecule has 1 atom stereocenters. The Hall–Kier alpha value is -0.900. The van der Waals surface area contributed by atoms with Crippen LogP contribution in [0.3, 0.4) is 0 Å². The maximum Gasteiger partial charge on any atom is 0.243 e. The molecule has 94 valence electrons. The van der Waals surface area contributed by atoms with E-state index in [1.54, 1.807) is 0 Å². The lowest BCUT2D eigenvalue weighted by Gasteiger charge is -2.20. The van der Waals surface area contributed by atoms with Gasteiger partial charge < -0.3 is 9.84 Å². The van der Waals surface area contributed by atoms with Crippen molar-refractivity contribution in [1.82, 2.24) is 15.5 Å². The van der Waals surface area contributed by atoms with Crippen molar-refractivity contribution in [3.05, 3.63) is 11.7 Å². The van der Waals surface area contributed by atoms with Crippen LogP contribution in [0.5, 0.6) is 0 Å². The van der Waals surface area contributed by atoms with Gasteiger partial charge >= 0.3 is 0 Å². The summed E-state index contributed by atoms with van der Waals surface area (Å²) in [5.74, 6) is 1.73. The van der Waals surface area contributed by atoms with Crippen molar-refractivity contribution < 1.29 is 4.52 Å². The van der Waals surface area contributed by atoms with Crippen LogP contribution in [0.2, 0.25) is 0 Å². The van der Waals surface area contributed by atoms with Crippen LogP contribution in [0.1, 0.15) is 69.6 Å². The minimum atomic E-state index is 0.163. The highest BCUT2D eigenvalue weighted by molar-refractivity contribution is 5.08. The van der Waals surface area contributed by atoms with Gasteiger partial charge in [0.25, 0.3) is 0 Å². The summed E-state index contributed by atoms with van der Waals surface area (Å²) >= 11 is 0. The second-order valence-corrected chi connectivity index (χ2v) is 5.73. The molecule has 0 spiro atoms. The van der Waals surface area contributed by atoms with Gasteiger partial charge in [0, 0.05) is 5.41 Å². The van der Waals surface area contributed by atoms with Crippen LogP contribution in [0.25, 0.3) is 0 Å². The van der Waals surface area contributed by atoms with Gasteiger partial charge in [-0.05, 0) is 32.2 Å². The lowest BCUT2D eigenvalue weighted by atomic mass is 9.88. The van der Waals surface area contributed by atoms with E-state index in [4.69, 9.17) is 4.52 Å². The van der Waals surface area contributed by atoms with E-state index < -0.39 is 0 Å². The molecule has 0 amide bonds. The zero-order valence-electron chi connectivity index (χ0n) is 10.5. The molecule has 1 unspecified atom stereocenters. The van der Waals surface area contributed by atoms with Crippen LogP contribution in [-0.2, 0) is 5.41 Å². The second-order valence-electron chi connectivity index (χ2n) is 5.73. The Morgan fingerprint density at radius 1 is 1.24 bits per heavy atom. The first kappa shape index (κ1) is 11.2. The van der Waals surface area contributed by atoms with Gasteiger partial charge in [-0.2, -0.15) is 4.98 Å². The third kappa shape index (κ3) is 2.10. The highest BCUT2D eigenvalue weighted by atomic mass is 16.5. The molecule has 1 saturated carbocycles. The zero-order valence-corrected chi connectivity index (χ0v) is 10.5. The van der Waals surface area contributed by atoms with Gasteiger partial charge in [-0.25, -0.2) is 0 Å². The van der Waals surface area contributed by atoms with E-state index in [0.29, 0.717) is 0 Å². The Labute approximate surface area is 102 Å². The van der Waals surface area contributed by atoms with Crippen molar-refractivity contribution in [2.24, 2.45) is 0 Å². The molecule has 0 aromatic carbocycles. The molecule has 2 heterocycles. The molecule has 2 aliphatic rings. The zero-order chi connectivity index (χ0) is 11.7. The number of aromatic nitrogens is 2. The molecule has 1 aliphatic heterocycles. The second kappa shape index (κ2) is 4.41. The third-order valence-electron chi connectivity index (χ3n) is 4.30. The molecule has 2 fully saturated rings. The van der Waals surface area contributed by atoms with Crippen molar-refractivity contribution in [1.29, 1.82) is 0 Å². The smallest absolute Gasteiger partial charge is 0.243 e. The maximum absolute atomic E-state index is 5.46. The molecule has 4 heteroatoms. The highest BCUT2D eigenvalue weighted by Gasteiger charge is 2.36. The molecule has 17 heavy (non-hydrogen) atoms. The van der Waals surface area contributed by atoms with Crippen LogP contribution in [-0.4, -0.2) is 16.7 Å². The van der Waals surface area contributed by atoms with Crippen LogP contribution in [0.15, 0.2) is 4.52 Å². The summed E-state index contributed by atoms with van der Waals surface area (Å²) in [6.45, 7) is 3.34. The first-order chi connectivity index (χ1) is 8.28. The van der Waals surface area contributed by atoms with Crippen LogP contribution >= 0.6 is 0 Å². The standard InChI is InChI=1S/C13H21N3O/c1-13(7-3-4-8-13)12-15-11(17-16-12)10-6-2-5-9-14-10/h10,14H,2-9H2,1H3. The number of nitrogens with one attached hydrogen (secondary N) is 1. The molecule has 0 bridgehead atoms. The average molecular weight is 235 g/mol. The summed E-state index contributed by atoms with van der Waals surface area (Å²) < 4.78 is 5.46. The van der Waals surface area contributed by atoms with E-state index in [2.05, 4.69) is 22.4 Å². The molecule has 1 N–H and O–H groups in total. The van der Waals surface area contributed by atoms with Crippen molar-refractivity contribution in [3.63, 3.8) is 0 Å². The molecule has 1 saturated heterocycles. The Morgan fingerprint density at radius 2 is 2.06 bits per heavy atom. The van der Waals surface area contributed by atoms with E-state index in [0.717, 1.165) is 24.7 Å². The fourth-order valence-electron chi connectivity index (χ4n) is 3.06. The number of nitrogens with zero attached hydrogens (tertiary/aromatic N) is 2. The molecule has 1 aliphatic carbocycles. The number of rotatable bonds is 2. The van der Waals surface area contributed by atoms with Gasteiger partial charge in [0.05, 0.1) is 6.04 Å². The fraction of sp³-hybridized carbons (Fsp3) is 0.846. The van der Waals surface area contributed by atoms with Gasteiger partial charge in [0.1, 0.15) is 0 Å². The molecular weight excluding hydrogens is 214 g/mol. The Morgan fingerprint density at radius 3 is 2.76 bits per heavy atom. The summed E-state index contributed by atoms with van der Waals surface area (Å²) in [7, 11) is 0. The number of hydrogen-bond donors (Lipinski definition) is 1. The van der Waals surface area contributed by atoms with E-state index in [9.17, 15) is 0 Å². The van der Waals surface area contributed by atoms with E-state index >= 15 is 0 Å². The number of hydrogen-bond acceptors (Lipinski definition) is 4. The van der Waals surface area contributed by atoms with Gasteiger partial charge in [0.2, 0.25) is 5.89 Å². The largest absolute Gasteiger partial charge is 0.338 e. The summed E-state index contributed by atoms with van der Waals surface area (Å²) in [5.41, 5.74) is 0.163. The molecule has 1 aromatic heterocycles. The van der Waals surface area contributed by atoms with E-state index in [-0.39, 0.29) is 11.5 Å². The maximum atomic E-state index is 5.46. The first-order valence-electron chi connectivity index (χ1n) is 6.85. The SMILES string of the molecule is CC1(c2noc(C3CCCCN3)n2)CCCC1. The lowest BCUT2D eigenvalue weighted by Crippen LogP contribution is -2.27. The normalized spacial score (nSPS) is 28.4. The molecule has 4 nitrogen and oxygen atoms in total. The molecule has 0 radical (unpaired) electrons. The fourth-order valence-corrected chi connectivity index (χ4v) is 3.06. The average Bonchev–Trinajstić information content (AvgIpc) is 2.99. The minimum absolute atomic E-state index is 0.163. The van der Waals surface area contributed by atoms with E-state index in [1.807, 2.05) is 0 Å². The van der Waals surface area contributed by atoms with Crippen LogP contribution < -0.4 is 5.32 Å². The molecular formula is C13H21N3O. The Balaban J connectivity index is 1.77. The Kier molecular flexibility index (Phi) is 2.90. The van der Waals surface area contributed by atoms with Gasteiger partial charge in [0.15, 0.2) is 5.82 Å². The summed E-state index contributed by atoms with van der Waals surface area (Å²) in [6.07, 6.45) is 8.62. The molecule has 1 aromatic rings. The van der Waals surface area contributed by atoms with Crippen molar-refractivity contribution in [2.45, 2.75) is 63.3 Å². The third-order valence-corrected chi connectivity index (χ3v) is 4.30. The van der Waals surface area contributed by atoms with Crippen molar-refractivity contribution in [3.8, 4) is 0 Å². The van der Waals surface area contributed by atoms with Crippen molar-refractivity contribution >= 4 is 0 Å². The van der Waals surface area contributed by atoms with Gasteiger partial charge in [-0.1, -0.05) is 31.3 Å². The monoisotopic (exact) mass is 235 g/mol.